The SMILES string of the molecule is CNCC[C@H](CSc1ccccc1)Nc1ccc(S(N)(=O)=O)cc1S(=O)(=O)C(F)(F)F. The number of thioether (sulfide) groups is 1. The van der Waals surface area contributed by atoms with Crippen molar-refractivity contribution in [1.82, 2.24) is 5.32 Å². The average Bonchev–Trinajstić information content (AvgIpc) is 2.69. The van der Waals surface area contributed by atoms with Crippen LogP contribution in [0.4, 0.5) is 18.9 Å². The Bertz CT molecular complexity index is 1090. The number of sulfonamides is 1. The molecule has 172 valence electrons. The summed E-state index contributed by atoms with van der Waals surface area (Å²) in [6.45, 7) is 0.517. The van der Waals surface area contributed by atoms with Crippen LogP contribution >= 0.6 is 11.8 Å². The first-order valence-electron chi connectivity index (χ1n) is 8.93. The third-order valence-electron chi connectivity index (χ3n) is 4.17. The Morgan fingerprint density at radius 1 is 1.06 bits per heavy atom. The molecule has 0 aliphatic rings. The van der Waals surface area contributed by atoms with E-state index in [4.69, 9.17) is 5.14 Å². The molecule has 2 rings (SSSR count). The predicted octanol–water partition coefficient (Wildman–Crippen LogP) is 2.81. The molecule has 0 fully saturated rings. The molecule has 0 heterocycles. The molecule has 0 aliphatic carbocycles. The quantitative estimate of drug-likeness (QED) is 0.432. The van der Waals surface area contributed by atoms with Crippen LogP contribution in [0, 0.1) is 0 Å². The summed E-state index contributed by atoms with van der Waals surface area (Å²) in [6.07, 6.45) is 0.471. The van der Waals surface area contributed by atoms with Crippen LogP contribution in [0.25, 0.3) is 0 Å². The molecule has 1 atom stereocenters. The van der Waals surface area contributed by atoms with Gasteiger partial charge in [0.15, 0.2) is 0 Å². The lowest BCUT2D eigenvalue weighted by Crippen LogP contribution is -2.30. The van der Waals surface area contributed by atoms with Crippen LogP contribution in [-0.4, -0.2) is 47.7 Å². The Balaban J connectivity index is 2.42. The van der Waals surface area contributed by atoms with Crippen LogP contribution in [0.5, 0.6) is 0 Å². The minimum absolute atomic E-state index is 0.348. The van der Waals surface area contributed by atoms with Crippen LogP contribution in [0.1, 0.15) is 6.42 Å². The van der Waals surface area contributed by atoms with Gasteiger partial charge < -0.3 is 10.6 Å². The molecule has 13 heteroatoms. The highest BCUT2D eigenvalue weighted by Crippen LogP contribution is 2.36. The van der Waals surface area contributed by atoms with Crippen molar-refractivity contribution in [2.75, 3.05) is 24.7 Å². The van der Waals surface area contributed by atoms with Gasteiger partial charge in [0.25, 0.3) is 9.84 Å². The van der Waals surface area contributed by atoms with E-state index in [0.29, 0.717) is 24.8 Å². The van der Waals surface area contributed by atoms with E-state index < -0.39 is 41.2 Å². The highest BCUT2D eigenvalue weighted by atomic mass is 32.2. The van der Waals surface area contributed by atoms with Gasteiger partial charge >= 0.3 is 5.51 Å². The molecule has 0 spiro atoms. The first kappa shape index (κ1) is 25.5. The molecule has 4 N–H and O–H groups in total. The van der Waals surface area contributed by atoms with Crippen molar-refractivity contribution in [3.05, 3.63) is 48.5 Å². The smallest absolute Gasteiger partial charge is 0.380 e. The fourth-order valence-corrected chi connectivity index (χ4v) is 5.15. The Kier molecular flexibility index (Phi) is 8.39. The zero-order valence-corrected chi connectivity index (χ0v) is 18.8. The van der Waals surface area contributed by atoms with Crippen molar-refractivity contribution in [3.63, 3.8) is 0 Å². The minimum atomic E-state index is -5.83. The van der Waals surface area contributed by atoms with Gasteiger partial charge in [-0.2, -0.15) is 13.2 Å². The highest BCUT2D eigenvalue weighted by molar-refractivity contribution is 7.99. The summed E-state index contributed by atoms with van der Waals surface area (Å²) in [5.74, 6) is 0.425. The van der Waals surface area contributed by atoms with Gasteiger partial charge in [-0.05, 0) is 50.3 Å². The van der Waals surface area contributed by atoms with E-state index in [9.17, 15) is 30.0 Å². The molecule has 2 aromatic rings. The van der Waals surface area contributed by atoms with Crippen molar-refractivity contribution in [1.29, 1.82) is 0 Å². The third-order valence-corrected chi connectivity index (χ3v) is 7.78. The van der Waals surface area contributed by atoms with Gasteiger partial charge in [0.2, 0.25) is 10.0 Å². The number of hydrogen-bond donors (Lipinski definition) is 3. The zero-order valence-electron chi connectivity index (χ0n) is 16.4. The summed E-state index contributed by atoms with van der Waals surface area (Å²) in [5, 5.41) is 10.7. The van der Waals surface area contributed by atoms with Crippen LogP contribution in [-0.2, 0) is 19.9 Å². The van der Waals surface area contributed by atoms with Crippen molar-refractivity contribution in [2.45, 2.75) is 32.7 Å². The topological polar surface area (TPSA) is 118 Å². The molecule has 0 aromatic heterocycles. The summed E-state index contributed by atoms with van der Waals surface area (Å²) < 4.78 is 87.0. The van der Waals surface area contributed by atoms with E-state index in [-0.39, 0.29) is 5.69 Å². The molecule has 0 unspecified atom stereocenters. The van der Waals surface area contributed by atoms with Crippen LogP contribution in [0.2, 0.25) is 0 Å². The first-order valence-corrected chi connectivity index (χ1v) is 12.9. The lowest BCUT2D eigenvalue weighted by Gasteiger charge is -2.22. The Morgan fingerprint density at radius 3 is 2.26 bits per heavy atom. The molecule has 0 radical (unpaired) electrons. The number of sulfone groups is 1. The van der Waals surface area contributed by atoms with E-state index in [1.54, 1.807) is 7.05 Å². The van der Waals surface area contributed by atoms with Gasteiger partial charge in [-0.25, -0.2) is 22.0 Å². The van der Waals surface area contributed by atoms with E-state index in [1.165, 1.54) is 11.8 Å². The van der Waals surface area contributed by atoms with Crippen molar-refractivity contribution in [2.24, 2.45) is 5.14 Å². The zero-order chi connectivity index (χ0) is 23.3. The number of hydrogen-bond acceptors (Lipinski definition) is 7. The summed E-state index contributed by atoms with van der Waals surface area (Å²) >= 11 is 1.45. The predicted molar refractivity (Wildman–Crippen MR) is 114 cm³/mol. The Hall–Kier alpha value is -1.80. The molecule has 0 amide bonds. The van der Waals surface area contributed by atoms with Crippen LogP contribution < -0.4 is 15.8 Å². The number of nitrogens with one attached hydrogen (secondary N) is 2. The molecule has 0 aliphatic heterocycles. The summed E-state index contributed by atoms with van der Waals surface area (Å²) in [5.41, 5.74) is -5.96. The largest absolute Gasteiger partial charge is 0.501 e. The molecule has 0 bridgehead atoms. The maximum absolute atomic E-state index is 13.2. The Labute approximate surface area is 183 Å². The van der Waals surface area contributed by atoms with Crippen molar-refractivity contribution in [3.8, 4) is 0 Å². The molecular formula is C18H22F3N3O4S3. The third kappa shape index (κ3) is 6.84. The fourth-order valence-electron chi connectivity index (χ4n) is 2.60. The molecule has 0 saturated carbocycles. The maximum Gasteiger partial charge on any atom is 0.501 e. The van der Waals surface area contributed by atoms with E-state index >= 15 is 0 Å². The molecule has 0 saturated heterocycles. The average molecular weight is 498 g/mol. The second kappa shape index (κ2) is 10.2. The normalized spacial score (nSPS) is 13.7. The molecule has 2 aromatic carbocycles. The summed E-state index contributed by atoms with van der Waals surface area (Å²) in [7, 11) is -8.53. The van der Waals surface area contributed by atoms with Gasteiger partial charge in [0.05, 0.1) is 10.6 Å². The lowest BCUT2D eigenvalue weighted by molar-refractivity contribution is -0.0435. The maximum atomic E-state index is 13.2. The number of halogens is 3. The van der Waals surface area contributed by atoms with Crippen LogP contribution in [0.15, 0.2) is 63.2 Å². The fraction of sp³-hybridized carbons (Fsp3) is 0.333. The standard InChI is InChI=1S/C18H22F3N3O4S3/c1-23-10-9-13(12-29-14-5-3-2-4-6-14)24-16-8-7-15(31(22,27)28)11-17(16)30(25,26)18(19,20)21/h2-8,11,13,23-24H,9-10,12H2,1H3,(H2,22,27,28)/t13-/m1/s1. The number of alkyl halides is 3. The van der Waals surface area contributed by atoms with E-state index in [0.717, 1.165) is 17.0 Å². The van der Waals surface area contributed by atoms with Gasteiger partial charge in [-0.15, -0.1) is 11.8 Å². The summed E-state index contributed by atoms with van der Waals surface area (Å²) in [6, 6.07) is 11.3. The summed E-state index contributed by atoms with van der Waals surface area (Å²) in [4.78, 5) is -0.983. The number of primary sulfonamides is 1. The lowest BCUT2D eigenvalue weighted by atomic mass is 10.2. The second-order valence-corrected chi connectivity index (χ2v) is 11.1. The molecular weight excluding hydrogens is 475 g/mol. The number of benzene rings is 2. The van der Waals surface area contributed by atoms with Gasteiger partial charge in [0.1, 0.15) is 4.90 Å². The molecule has 7 nitrogen and oxygen atoms in total. The minimum Gasteiger partial charge on any atom is -0.380 e. The first-order chi connectivity index (χ1) is 14.4. The Morgan fingerprint density at radius 2 is 1.71 bits per heavy atom. The molecule has 31 heavy (non-hydrogen) atoms. The van der Waals surface area contributed by atoms with E-state index in [1.807, 2.05) is 30.3 Å². The van der Waals surface area contributed by atoms with Gasteiger partial charge in [0, 0.05) is 16.7 Å². The number of rotatable bonds is 10. The van der Waals surface area contributed by atoms with Crippen molar-refractivity contribution < 1.29 is 30.0 Å². The van der Waals surface area contributed by atoms with Crippen molar-refractivity contribution >= 4 is 37.3 Å². The number of anilines is 1. The second-order valence-electron chi connectivity index (χ2n) is 6.51. The van der Waals surface area contributed by atoms with Crippen LogP contribution in [0.3, 0.4) is 0 Å². The van der Waals surface area contributed by atoms with Gasteiger partial charge in [-0.1, -0.05) is 18.2 Å². The van der Waals surface area contributed by atoms with Gasteiger partial charge in [-0.3, -0.25) is 0 Å². The number of nitrogens with two attached hydrogens (primary N) is 1. The van der Waals surface area contributed by atoms with E-state index in [2.05, 4.69) is 10.6 Å². The highest BCUT2D eigenvalue weighted by Gasteiger charge is 2.48. The monoisotopic (exact) mass is 497 g/mol.